The van der Waals surface area contributed by atoms with Crippen molar-refractivity contribution in [1.82, 2.24) is 9.80 Å². The molecule has 8 aromatic rings. The summed E-state index contributed by atoms with van der Waals surface area (Å²) in [7, 11) is 3.26. The first-order valence-electron chi connectivity index (χ1n) is 24.1. The molecule has 10 nitrogen and oxygen atoms in total. The Hall–Kier alpha value is -8.76. The van der Waals surface area contributed by atoms with Crippen LogP contribution in [0.2, 0.25) is 0 Å². The number of amidine groups is 2. The second-order valence-corrected chi connectivity index (χ2v) is 17.1. The molecular weight excluding hydrogens is 897 g/mol. The summed E-state index contributed by atoms with van der Waals surface area (Å²) in [5.41, 5.74) is 5.89. The molecule has 2 aliphatic heterocycles. The highest BCUT2D eigenvalue weighted by Gasteiger charge is 2.55. The van der Waals surface area contributed by atoms with Gasteiger partial charge in [-0.05, 0) is 60.4 Å². The molecular formula is C62H56N4O6. The van der Waals surface area contributed by atoms with Gasteiger partial charge in [0.1, 0.15) is 23.2 Å². The summed E-state index contributed by atoms with van der Waals surface area (Å²) in [6.45, 7) is 5.09. The first-order valence-corrected chi connectivity index (χ1v) is 24.1. The zero-order valence-electron chi connectivity index (χ0n) is 40.9. The number of ether oxygens (including phenoxy) is 4. The average Bonchev–Trinajstić information content (AvgIpc) is 3.44. The summed E-state index contributed by atoms with van der Waals surface area (Å²) < 4.78 is 22.7. The van der Waals surface area contributed by atoms with Crippen molar-refractivity contribution in [1.29, 1.82) is 0 Å². The van der Waals surface area contributed by atoms with E-state index in [9.17, 15) is 9.59 Å². The quantitative estimate of drug-likeness (QED) is 0.0993. The second-order valence-electron chi connectivity index (χ2n) is 17.1. The molecule has 0 radical (unpaired) electrons. The van der Waals surface area contributed by atoms with Crippen LogP contribution in [-0.4, -0.2) is 60.8 Å². The van der Waals surface area contributed by atoms with Crippen LogP contribution in [0.25, 0.3) is 0 Å². The monoisotopic (exact) mass is 952 g/mol. The van der Waals surface area contributed by atoms with E-state index in [-0.39, 0.29) is 25.2 Å². The third-order valence-electron chi connectivity index (χ3n) is 12.9. The van der Waals surface area contributed by atoms with E-state index in [0.717, 1.165) is 44.5 Å². The van der Waals surface area contributed by atoms with Crippen LogP contribution >= 0.6 is 0 Å². The molecule has 0 unspecified atom stereocenters. The van der Waals surface area contributed by atoms with Crippen LogP contribution in [0, 0.1) is 0 Å². The van der Waals surface area contributed by atoms with Crippen LogP contribution in [-0.2, 0) is 43.2 Å². The van der Waals surface area contributed by atoms with Gasteiger partial charge in [-0.1, -0.05) is 182 Å². The molecule has 0 amide bonds. The summed E-state index contributed by atoms with van der Waals surface area (Å²) in [6.07, 6.45) is 0. The summed E-state index contributed by atoms with van der Waals surface area (Å²) >= 11 is 0. The Bertz CT molecular complexity index is 2960. The van der Waals surface area contributed by atoms with E-state index in [4.69, 9.17) is 28.9 Å². The standard InChI is InChI=1S/2C31H28N2O3/c2*1-3-36-30(34)31(25-17-11-6-12-18-25)27-20-19-26(35-2)21-28(27)32-29(24-15-9-5-10-16-24)33(31)22-23-13-7-4-8-14-23/h2*4-21H,3,22H2,1-2H3/t2*31-/m00/s1. The van der Waals surface area contributed by atoms with Gasteiger partial charge in [0, 0.05) is 47.5 Å². The normalized spacial score (nSPS) is 16.6. The van der Waals surface area contributed by atoms with E-state index < -0.39 is 11.1 Å². The topological polar surface area (TPSA) is 102 Å². The smallest absolute Gasteiger partial charge is 0.341 e. The predicted octanol–water partition coefficient (Wildman–Crippen LogP) is 12.2. The summed E-state index contributed by atoms with van der Waals surface area (Å²) in [6, 6.07) is 71.2. The molecule has 10 heteroatoms. The molecule has 72 heavy (non-hydrogen) atoms. The van der Waals surface area contributed by atoms with Crippen LogP contribution in [0.5, 0.6) is 11.5 Å². The average molecular weight is 953 g/mol. The van der Waals surface area contributed by atoms with Gasteiger partial charge >= 0.3 is 11.9 Å². The van der Waals surface area contributed by atoms with Gasteiger partial charge in [-0.25, -0.2) is 19.6 Å². The van der Waals surface area contributed by atoms with Gasteiger partial charge in [-0.2, -0.15) is 0 Å². The van der Waals surface area contributed by atoms with Crippen molar-refractivity contribution in [2.24, 2.45) is 9.98 Å². The van der Waals surface area contributed by atoms with Gasteiger partial charge in [0.25, 0.3) is 0 Å². The maximum absolute atomic E-state index is 14.3. The summed E-state index contributed by atoms with van der Waals surface area (Å²) in [5, 5.41) is 0. The molecule has 2 aliphatic rings. The Labute approximate surface area is 421 Å². The summed E-state index contributed by atoms with van der Waals surface area (Å²) in [5.74, 6) is 2.04. The molecule has 0 saturated carbocycles. The van der Waals surface area contributed by atoms with Crippen molar-refractivity contribution in [3.05, 3.63) is 263 Å². The predicted molar refractivity (Wildman–Crippen MR) is 283 cm³/mol. The van der Waals surface area contributed by atoms with E-state index in [2.05, 4.69) is 34.1 Å². The number of carbonyl (C=O) groups is 2. The van der Waals surface area contributed by atoms with E-state index in [1.807, 2.05) is 208 Å². The first-order chi connectivity index (χ1) is 35.4. The molecule has 8 aromatic carbocycles. The van der Waals surface area contributed by atoms with E-state index >= 15 is 0 Å². The lowest BCUT2D eigenvalue weighted by atomic mass is 9.78. The van der Waals surface area contributed by atoms with Crippen LogP contribution in [0.3, 0.4) is 0 Å². The van der Waals surface area contributed by atoms with E-state index in [0.29, 0.717) is 47.6 Å². The Morgan fingerprint density at radius 1 is 0.431 bits per heavy atom. The van der Waals surface area contributed by atoms with E-state index in [1.165, 1.54) is 0 Å². The van der Waals surface area contributed by atoms with Gasteiger partial charge in [0.15, 0.2) is 11.1 Å². The van der Waals surface area contributed by atoms with Crippen molar-refractivity contribution in [2.75, 3.05) is 27.4 Å². The SMILES string of the molecule is CCOC(=O)[C@]1(c2ccccc2)c2ccc(OC)cc2N=C(c2ccccc2)N1Cc1ccccc1.CCOC(=O)[C@]1(c2ccccc2)c2ccc(OC)cc2N=C(c2ccccc2)N1Cc1ccccc1. The molecule has 10 rings (SSSR count). The molecule has 0 spiro atoms. The lowest BCUT2D eigenvalue weighted by Gasteiger charge is -2.47. The van der Waals surface area contributed by atoms with Gasteiger partial charge in [-0.15, -0.1) is 0 Å². The Morgan fingerprint density at radius 3 is 1.07 bits per heavy atom. The molecule has 0 aromatic heterocycles. The molecule has 360 valence electrons. The lowest BCUT2D eigenvalue weighted by molar-refractivity contribution is -0.154. The number of nitrogens with zero attached hydrogens (tertiary/aromatic N) is 4. The third-order valence-corrected chi connectivity index (χ3v) is 12.9. The fourth-order valence-corrected chi connectivity index (χ4v) is 9.69. The molecule has 0 saturated heterocycles. The molecule has 2 atom stereocenters. The maximum Gasteiger partial charge on any atom is 0.341 e. The number of hydrogen-bond donors (Lipinski definition) is 0. The summed E-state index contributed by atoms with van der Waals surface area (Å²) in [4.78, 5) is 42.9. The first kappa shape index (κ1) is 48.3. The third kappa shape index (κ3) is 9.22. The highest BCUT2D eigenvalue weighted by molar-refractivity contribution is 6.08. The number of carbonyl (C=O) groups excluding carboxylic acids is 2. The molecule has 0 bridgehead atoms. The van der Waals surface area contributed by atoms with Crippen molar-refractivity contribution in [3.8, 4) is 11.5 Å². The van der Waals surface area contributed by atoms with Gasteiger partial charge in [0.05, 0.1) is 38.8 Å². The fourth-order valence-electron chi connectivity index (χ4n) is 9.69. The molecule has 0 N–H and O–H groups in total. The van der Waals surface area contributed by atoms with Gasteiger partial charge in [-0.3, -0.25) is 0 Å². The van der Waals surface area contributed by atoms with Crippen molar-refractivity contribution in [2.45, 2.75) is 38.0 Å². The highest BCUT2D eigenvalue weighted by atomic mass is 16.5. The minimum Gasteiger partial charge on any atom is -0.497 e. The highest BCUT2D eigenvalue weighted by Crippen LogP contribution is 2.50. The number of esters is 2. The van der Waals surface area contributed by atoms with Crippen LogP contribution in [0.4, 0.5) is 11.4 Å². The van der Waals surface area contributed by atoms with Crippen molar-refractivity contribution in [3.63, 3.8) is 0 Å². The van der Waals surface area contributed by atoms with Gasteiger partial charge < -0.3 is 28.7 Å². The number of aliphatic imine (C=N–C) groups is 2. The number of rotatable bonds is 14. The van der Waals surface area contributed by atoms with Gasteiger partial charge in [0.2, 0.25) is 0 Å². The molecule has 2 heterocycles. The number of methoxy groups -OCH3 is 2. The molecule has 0 aliphatic carbocycles. The Balaban J connectivity index is 0.000000178. The minimum absolute atomic E-state index is 0.260. The van der Waals surface area contributed by atoms with Crippen LogP contribution < -0.4 is 9.47 Å². The van der Waals surface area contributed by atoms with Crippen molar-refractivity contribution < 1.29 is 28.5 Å². The van der Waals surface area contributed by atoms with Crippen LogP contribution in [0.15, 0.2) is 228 Å². The minimum atomic E-state index is -1.26. The number of fused-ring (bicyclic) bond motifs is 2. The van der Waals surface area contributed by atoms with Crippen LogP contribution in [0.1, 0.15) is 58.4 Å². The maximum atomic E-state index is 14.3. The lowest BCUT2D eigenvalue weighted by Crippen LogP contribution is -2.57. The van der Waals surface area contributed by atoms with Crippen molar-refractivity contribution >= 4 is 35.0 Å². The zero-order valence-corrected chi connectivity index (χ0v) is 40.9. The fraction of sp³-hybridized carbons (Fsp3) is 0.161. The van der Waals surface area contributed by atoms with E-state index in [1.54, 1.807) is 14.2 Å². The second kappa shape index (κ2) is 21.9. The Kier molecular flexibility index (Phi) is 14.7. The zero-order chi connectivity index (χ0) is 49.9. The molecule has 0 fully saturated rings. The number of benzene rings is 8. The Morgan fingerprint density at radius 2 is 0.750 bits per heavy atom. The number of hydrogen-bond acceptors (Lipinski definition) is 10. The largest absolute Gasteiger partial charge is 0.497 e.